The van der Waals surface area contributed by atoms with E-state index in [-0.39, 0.29) is 11.5 Å². The number of H-pyrrole nitrogens is 1. The van der Waals surface area contributed by atoms with E-state index in [0.29, 0.717) is 5.16 Å². The molecule has 5 nitrogen and oxygen atoms in total. The van der Waals surface area contributed by atoms with Crippen molar-refractivity contribution < 1.29 is 9.90 Å². The second-order valence-corrected chi connectivity index (χ2v) is 5.64. The Hall–Kier alpha value is -1.30. The molecule has 0 aliphatic heterocycles. The molecule has 1 heterocycles. The third-order valence-electron chi connectivity index (χ3n) is 2.81. The van der Waals surface area contributed by atoms with Crippen molar-refractivity contribution in [1.29, 1.82) is 0 Å². The molecular formula is C12H16N2O3S. The van der Waals surface area contributed by atoms with E-state index < -0.39 is 11.2 Å². The van der Waals surface area contributed by atoms with Crippen molar-refractivity contribution in [3.8, 4) is 0 Å². The van der Waals surface area contributed by atoms with Crippen LogP contribution in [-0.4, -0.2) is 26.3 Å². The van der Waals surface area contributed by atoms with E-state index in [1.54, 1.807) is 0 Å². The van der Waals surface area contributed by atoms with E-state index >= 15 is 0 Å². The monoisotopic (exact) mass is 268 g/mol. The fourth-order valence-electron chi connectivity index (χ4n) is 1.79. The third kappa shape index (κ3) is 3.35. The lowest BCUT2D eigenvalue weighted by Crippen LogP contribution is -2.20. The van der Waals surface area contributed by atoms with Gasteiger partial charge in [0.15, 0.2) is 5.16 Å². The molecule has 6 heteroatoms. The van der Waals surface area contributed by atoms with Gasteiger partial charge < -0.3 is 10.1 Å². The van der Waals surface area contributed by atoms with E-state index in [9.17, 15) is 9.59 Å². The summed E-state index contributed by atoms with van der Waals surface area (Å²) in [5.74, 6) is -0.612. The molecule has 0 radical (unpaired) electrons. The molecule has 1 aliphatic rings. The van der Waals surface area contributed by atoms with E-state index in [0.717, 1.165) is 43.1 Å². The van der Waals surface area contributed by atoms with E-state index in [4.69, 9.17) is 5.11 Å². The zero-order valence-electron chi connectivity index (χ0n) is 10.2. The summed E-state index contributed by atoms with van der Waals surface area (Å²) in [5.41, 5.74) is 0.513. The number of aryl methyl sites for hydroxylation is 1. The first kappa shape index (κ1) is 13.1. The van der Waals surface area contributed by atoms with Gasteiger partial charge >= 0.3 is 5.97 Å². The quantitative estimate of drug-likeness (QED) is 0.606. The van der Waals surface area contributed by atoms with Gasteiger partial charge in [-0.15, -0.1) is 0 Å². The zero-order valence-corrected chi connectivity index (χ0v) is 11.0. The minimum Gasteiger partial charge on any atom is -0.480 e. The second-order valence-electron chi connectivity index (χ2n) is 4.51. The Labute approximate surface area is 109 Å². The number of carbonyl (C=O) groups is 1. The Bertz CT molecular complexity index is 496. The molecular weight excluding hydrogens is 252 g/mol. The maximum Gasteiger partial charge on any atom is 0.317 e. The van der Waals surface area contributed by atoms with Gasteiger partial charge in [0.05, 0.1) is 0 Å². The predicted molar refractivity (Wildman–Crippen MR) is 68.9 cm³/mol. The summed E-state index contributed by atoms with van der Waals surface area (Å²) in [5, 5.41) is 9.07. The molecule has 1 aliphatic carbocycles. The lowest BCUT2D eigenvalue weighted by atomic mass is 10.2. The van der Waals surface area contributed by atoms with Crippen LogP contribution in [0.15, 0.2) is 16.0 Å². The Balaban J connectivity index is 2.16. The molecule has 1 fully saturated rings. The first-order chi connectivity index (χ1) is 8.60. The summed E-state index contributed by atoms with van der Waals surface area (Å²) >= 11 is 1.16. The molecule has 18 heavy (non-hydrogen) atoms. The van der Waals surface area contributed by atoms with E-state index in [1.807, 2.05) is 6.92 Å². The van der Waals surface area contributed by atoms with Gasteiger partial charge in [-0.25, -0.2) is 4.98 Å². The lowest BCUT2D eigenvalue weighted by Gasteiger charge is -2.10. The van der Waals surface area contributed by atoms with Crippen molar-refractivity contribution in [2.24, 2.45) is 5.92 Å². The number of nitrogens with zero attached hydrogens (tertiary/aromatic N) is 1. The van der Waals surface area contributed by atoms with Gasteiger partial charge in [-0.3, -0.25) is 9.59 Å². The maximum absolute atomic E-state index is 11.5. The van der Waals surface area contributed by atoms with Gasteiger partial charge in [0.25, 0.3) is 5.56 Å². The number of nitrogens with one attached hydrogen (secondary N) is 1. The minimum absolute atomic E-state index is 0.212. The lowest BCUT2D eigenvalue weighted by molar-refractivity contribution is -0.136. The number of aliphatic carboxylic acids is 1. The van der Waals surface area contributed by atoms with Gasteiger partial charge in [0, 0.05) is 11.8 Å². The van der Waals surface area contributed by atoms with Crippen LogP contribution in [0.3, 0.4) is 0 Å². The van der Waals surface area contributed by atoms with Crippen LogP contribution in [0, 0.1) is 5.92 Å². The smallest absolute Gasteiger partial charge is 0.317 e. The number of rotatable bonds is 6. The van der Waals surface area contributed by atoms with E-state index in [1.165, 1.54) is 6.07 Å². The van der Waals surface area contributed by atoms with Gasteiger partial charge in [-0.05, 0) is 25.2 Å². The van der Waals surface area contributed by atoms with E-state index in [2.05, 4.69) is 9.97 Å². The first-order valence-electron chi connectivity index (χ1n) is 6.10. The summed E-state index contributed by atoms with van der Waals surface area (Å²) in [6.07, 6.45) is 3.54. The molecule has 0 saturated heterocycles. The first-order valence-corrected chi connectivity index (χ1v) is 6.98. The molecule has 2 N–H and O–H groups in total. The molecule has 1 saturated carbocycles. The largest absolute Gasteiger partial charge is 0.480 e. The predicted octanol–water partition coefficient (Wildman–Crippen LogP) is 1.68. The Morgan fingerprint density at radius 1 is 1.67 bits per heavy atom. The number of carboxylic acid groups (broad SMARTS) is 1. The minimum atomic E-state index is -0.828. The number of thioether (sulfide) groups is 1. The van der Waals surface area contributed by atoms with Crippen molar-refractivity contribution in [2.75, 3.05) is 0 Å². The van der Waals surface area contributed by atoms with Crippen LogP contribution in [0.25, 0.3) is 0 Å². The Kier molecular flexibility index (Phi) is 4.06. The average Bonchev–Trinajstić information content (AvgIpc) is 3.09. The van der Waals surface area contributed by atoms with Crippen LogP contribution >= 0.6 is 11.8 Å². The molecule has 98 valence electrons. The van der Waals surface area contributed by atoms with Crippen LogP contribution in [0.5, 0.6) is 0 Å². The number of hydrogen-bond donors (Lipinski definition) is 2. The highest BCUT2D eigenvalue weighted by Crippen LogP contribution is 2.40. The highest BCUT2D eigenvalue weighted by molar-refractivity contribution is 8.00. The number of hydrogen-bond acceptors (Lipinski definition) is 4. The van der Waals surface area contributed by atoms with Crippen LogP contribution in [0.4, 0.5) is 0 Å². The summed E-state index contributed by atoms with van der Waals surface area (Å²) < 4.78 is 0. The highest BCUT2D eigenvalue weighted by atomic mass is 32.2. The van der Waals surface area contributed by atoms with Crippen molar-refractivity contribution in [3.05, 3.63) is 22.1 Å². The molecule has 1 atom stereocenters. The average molecular weight is 268 g/mol. The SMILES string of the molecule is CCCc1cc(=O)[nH]c(SC(C(=O)O)C2CC2)n1. The fourth-order valence-corrected chi connectivity index (χ4v) is 2.93. The van der Waals surface area contributed by atoms with Crippen molar-refractivity contribution in [3.63, 3.8) is 0 Å². The number of aromatic amines is 1. The van der Waals surface area contributed by atoms with Crippen LogP contribution in [0.2, 0.25) is 0 Å². The molecule has 1 aromatic rings. The molecule has 1 aromatic heterocycles. The summed E-state index contributed by atoms with van der Waals surface area (Å²) in [6.45, 7) is 2.01. The van der Waals surface area contributed by atoms with Gasteiger partial charge in [0.2, 0.25) is 0 Å². The van der Waals surface area contributed by atoms with Crippen molar-refractivity contribution in [2.45, 2.75) is 43.0 Å². The zero-order chi connectivity index (χ0) is 13.1. The van der Waals surface area contributed by atoms with Crippen LogP contribution < -0.4 is 5.56 Å². The van der Waals surface area contributed by atoms with Gasteiger partial charge in [-0.1, -0.05) is 25.1 Å². The van der Waals surface area contributed by atoms with Crippen LogP contribution in [0.1, 0.15) is 31.9 Å². The highest BCUT2D eigenvalue weighted by Gasteiger charge is 2.37. The Morgan fingerprint density at radius 3 is 2.94 bits per heavy atom. The van der Waals surface area contributed by atoms with Gasteiger partial charge in [0.1, 0.15) is 5.25 Å². The Morgan fingerprint density at radius 2 is 2.39 bits per heavy atom. The van der Waals surface area contributed by atoms with Crippen molar-refractivity contribution >= 4 is 17.7 Å². The number of aromatic nitrogens is 2. The third-order valence-corrected chi connectivity index (χ3v) is 4.07. The molecule has 0 bridgehead atoms. The summed E-state index contributed by atoms with van der Waals surface area (Å²) in [7, 11) is 0. The molecule has 0 amide bonds. The maximum atomic E-state index is 11.5. The standard InChI is InChI=1S/C12H16N2O3S/c1-2-3-8-6-9(15)14-12(13-8)18-10(11(16)17)7-4-5-7/h6-7,10H,2-5H2,1H3,(H,16,17)(H,13,14,15). The number of carboxylic acids is 1. The fraction of sp³-hybridized carbons (Fsp3) is 0.583. The van der Waals surface area contributed by atoms with Crippen molar-refractivity contribution in [1.82, 2.24) is 9.97 Å². The van der Waals surface area contributed by atoms with Crippen LogP contribution in [-0.2, 0) is 11.2 Å². The molecule has 2 rings (SSSR count). The summed E-state index contributed by atoms with van der Waals surface area (Å²) in [4.78, 5) is 29.5. The molecule has 1 unspecified atom stereocenters. The van der Waals surface area contributed by atoms with Gasteiger partial charge in [-0.2, -0.15) is 0 Å². The molecule has 0 spiro atoms. The summed E-state index contributed by atoms with van der Waals surface area (Å²) in [6, 6.07) is 1.47. The second kappa shape index (κ2) is 5.56. The normalized spacial score (nSPS) is 16.5. The topological polar surface area (TPSA) is 83.0 Å². The molecule has 0 aromatic carbocycles.